The Morgan fingerprint density at radius 2 is 1.21 bits per heavy atom. The van der Waals surface area contributed by atoms with Gasteiger partial charge in [0.2, 0.25) is 6.33 Å². The molecule has 8 rings (SSSR count). The standard InChI is InChI=1S/C33H23N5/c1-35-18-19-36(22-35)23-13-15-27-25-8-2-4-10-29(25)37(31(27)20-23)24-14-16-28-26-9-3-5-11-30(26)38(32(28)21-24)33-12-6-7-17-34-33/h2-21H,1H3. The molecule has 0 atom stereocenters. The molecule has 0 saturated carbocycles. The molecule has 4 aromatic heterocycles. The summed E-state index contributed by atoms with van der Waals surface area (Å²) in [6.07, 6.45) is 9.22. The summed E-state index contributed by atoms with van der Waals surface area (Å²) in [5.41, 5.74) is 6.82. The third-order valence-corrected chi connectivity index (χ3v) is 7.43. The first kappa shape index (κ1) is 21.0. The Balaban J connectivity index is 1.46. The van der Waals surface area contributed by atoms with E-state index in [1.165, 1.54) is 27.1 Å². The van der Waals surface area contributed by atoms with E-state index in [-0.39, 0.29) is 0 Å². The van der Waals surface area contributed by atoms with Crippen LogP contribution in [0.5, 0.6) is 0 Å². The van der Waals surface area contributed by atoms with Crippen molar-refractivity contribution in [2.75, 3.05) is 0 Å². The van der Waals surface area contributed by atoms with Crippen molar-refractivity contribution in [1.29, 1.82) is 0 Å². The molecule has 0 aliphatic carbocycles. The third-order valence-electron chi connectivity index (χ3n) is 7.43. The van der Waals surface area contributed by atoms with E-state index < -0.39 is 0 Å². The van der Waals surface area contributed by atoms with Crippen molar-refractivity contribution < 1.29 is 4.57 Å². The number of benzene rings is 4. The number of hydrogen-bond acceptors (Lipinski definition) is 1. The average molecular weight is 490 g/mol. The maximum absolute atomic E-state index is 4.71. The summed E-state index contributed by atoms with van der Waals surface area (Å²) >= 11 is 0. The van der Waals surface area contributed by atoms with Gasteiger partial charge in [-0.1, -0.05) is 60.7 Å². The number of fused-ring (bicyclic) bond motifs is 6. The van der Waals surface area contributed by atoms with Crippen LogP contribution in [0, 0.1) is 6.33 Å². The molecule has 0 bridgehead atoms. The number of hydrogen-bond donors (Lipinski definition) is 0. The van der Waals surface area contributed by atoms with E-state index in [0.717, 1.165) is 33.7 Å². The fraction of sp³-hybridized carbons (Fsp3) is 0.0303. The minimum atomic E-state index is 0.913. The highest BCUT2D eigenvalue weighted by Gasteiger charge is 2.17. The molecular formula is C33H23N5. The second kappa shape index (κ2) is 7.92. The number of nitrogens with zero attached hydrogens (tertiary/aromatic N) is 5. The van der Waals surface area contributed by atoms with Gasteiger partial charge in [0.25, 0.3) is 0 Å². The normalized spacial score (nSPS) is 11.8. The van der Waals surface area contributed by atoms with Crippen LogP contribution in [-0.2, 0) is 7.05 Å². The SMILES string of the molecule is C[n+]1[c-]n(-c2ccc3c4ccccc4n(-c4ccc5c6ccccc6n(-c6ccccn6)c5c4)c3c2)cc1. The van der Waals surface area contributed by atoms with Crippen LogP contribution in [0.25, 0.3) is 60.8 Å². The lowest BCUT2D eigenvalue weighted by atomic mass is 10.1. The second-order valence-corrected chi connectivity index (χ2v) is 9.68. The molecule has 0 radical (unpaired) electrons. The van der Waals surface area contributed by atoms with Gasteiger partial charge in [0.15, 0.2) is 0 Å². The molecule has 0 aliphatic heterocycles. The van der Waals surface area contributed by atoms with E-state index in [0.29, 0.717) is 0 Å². The quantitative estimate of drug-likeness (QED) is 0.201. The van der Waals surface area contributed by atoms with Gasteiger partial charge in [-0.25, -0.2) is 4.98 Å². The van der Waals surface area contributed by atoms with Gasteiger partial charge in [-0.2, -0.15) is 0 Å². The zero-order valence-electron chi connectivity index (χ0n) is 20.8. The number of aryl methyl sites for hydroxylation is 1. The van der Waals surface area contributed by atoms with Crippen molar-refractivity contribution in [2.24, 2.45) is 7.05 Å². The molecule has 5 heteroatoms. The Hall–Kier alpha value is -5.16. The minimum Gasteiger partial charge on any atom is -0.326 e. The van der Waals surface area contributed by atoms with E-state index in [9.17, 15) is 0 Å². The van der Waals surface area contributed by atoms with Crippen LogP contribution in [0.1, 0.15) is 0 Å². The van der Waals surface area contributed by atoms with Crippen molar-refractivity contribution in [3.8, 4) is 17.2 Å². The predicted octanol–water partition coefficient (Wildman–Crippen LogP) is 6.69. The van der Waals surface area contributed by atoms with E-state index in [1.54, 1.807) is 0 Å². The van der Waals surface area contributed by atoms with E-state index in [1.807, 2.05) is 46.9 Å². The average Bonchev–Trinajstić information content (AvgIpc) is 3.64. The zero-order chi connectivity index (χ0) is 25.2. The van der Waals surface area contributed by atoms with Crippen LogP contribution in [-0.4, -0.2) is 18.7 Å². The van der Waals surface area contributed by atoms with E-state index in [4.69, 9.17) is 4.98 Å². The molecule has 5 nitrogen and oxygen atoms in total. The summed E-state index contributed by atoms with van der Waals surface area (Å²) in [5.74, 6) is 0.913. The van der Waals surface area contributed by atoms with Gasteiger partial charge >= 0.3 is 0 Å². The summed E-state index contributed by atoms with van der Waals surface area (Å²) in [6.45, 7) is 0. The van der Waals surface area contributed by atoms with Crippen LogP contribution >= 0.6 is 0 Å². The van der Waals surface area contributed by atoms with Crippen LogP contribution < -0.4 is 4.57 Å². The molecule has 0 aliphatic rings. The summed E-state index contributed by atoms with van der Waals surface area (Å²) in [6, 6.07) is 36.7. The predicted molar refractivity (Wildman–Crippen MR) is 152 cm³/mol. The highest BCUT2D eigenvalue weighted by atomic mass is 15.1. The van der Waals surface area contributed by atoms with Crippen molar-refractivity contribution in [3.05, 3.63) is 128 Å². The Bertz CT molecular complexity index is 2140. The Morgan fingerprint density at radius 3 is 1.89 bits per heavy atom. The lowest BCUT2D eigenvalue weighted by molar-refractivity contribution is -0.674. The van der Waals surface area contributed by atoms with Crippen LogP contribution in [0.3, 0.4) is 0 Å². The molecule has 0 N–H and O–H groups in total. The fourth-order valence-corrected chi connectivity index (χ4v) is 5.76. The van der Waals surface area contributed by atoms with Gasteiger partial charge in [-0.05, 0) is 42.5 Å². The maximum Gasteiger partial charge on any atom is 0.243 e. The van der Waals surface area contributed by atoms with Gasteiger partial charge in [-0.3, -0.25) is 4.57 Å². The number of para-hydroxylation sites is 2. The summed E-state index contributed by atoms with van der Waals surface area (Å²) in [7, 11) is 1.99. The highest BCUT2D eigenvalue weighted by molar-refractivity contribution is 6.12. The maximum atomic E-state index is 4.71. The van der Waals surface area contributed by atoms with Crippen molar-refractivity contribution in [2.45, 2.75) is 0 Å². The largest absolute Gasteiger partial charge is 0.326 e. The molecular weight excluding hydrogens is 466 g/mol. The molecule has 4 aromatic carbocycles. The molecule has 0 fully saturated rings. The fourth-order valence-electron chi connectivity index (χ4n) is 5.76. The zero-order valence-corrected chi connectivity index (χ0v) is 20.8. The first-order valence-corrected chi connectivity index (χ1v) is 12.7. The number of rotatable bonds is 3. The van der Waals surface area contributed by atoms with Gasteiger partial charge in [-0.15, -0.1) is 0 Å². The Labute approximate surface area is 219 Å². The summed E-state index contributed by atoms with van der Waals surface area (Å²) < 4.78 is 8.60. The van der Waals surface area contributed by atoms with Gasteiger partial charge in [0, 0.05) is 51.3 Å². The number of pyridine rings is 1. The second-order valence-electron chi connectivity index (χ2n) is 9.68. The topological polar surface area (TPSA) is 31.6 Å². The van der Waals surface area contributed by atoms with Gasteiger partial charge in [0.1, 0.15) is 5.82 Å². The first-order chi connectivity index (χ1) is 18.8. The van der Waals surface area contributed by atoms with Gasteiger partial charge < -0.3 is 13.7 Å². The molecule has 180 valence electrons. The Kier molecular flexibility index (Phi) is 4.37. The molecule has 4 heterocycles. The van der Waals surface area contributed by atoms with E-state index in [2.05, 4.69) is 106 Å². The lowest BCUT2D eigenvalue weighted by Gasteiger charge is -2.11. The minimum absolute atomic E-state index is 0.913. The monoisotopic (exact) mass is 489 g/mol. The molecule has 0 amide bonds. The summed E-state index contributed by atoms with van der Waals surface area (Å²) in [5, 5.41) is 4.90. The molecule has 0 unspecified atom stereocenters. The Morgan fingerprint density at radius 1 is 0.605 bits per heavy atom. The van der Waals surface area contributed by atoms with Crippen molar-refractivity contribution in [3.63, 3.8) is 0 Å². The first-order valence-electron chi connectivity index (χ1n) is 12.7. The molecule has 0 saturated heterocycles. The van der Waals surface area contributed by atoms with Gasteiger partial charge in [0.05, 0.1) is 29.3 Å². The highest BCUT2D eigenvalue weighted by Crippen LogP contribution is 2.37. The molecule has 0 spiro atoms. The van der Waals surface area contributed by atoms with Crippen LogP contribution in [0.4, 0.5) is 0 Å². The van der Waals surface area contributed by atoms with Crippen molar-refractivity contribution in [1.82, 2.24) is 18.7 Å². The smallest absolute Gasteiger partial charge is 0.243 e. The van der Waals surface area contributed by atoms with Crippen molar-refractivity contribution >= 4 is 43.6 Å². The molecule has 38 heavy (non-hydrogen) atoms. The van der Waals surface area contributed by atoms with Crippen LogP contribution in [0.2, 0.25) is 0 Å². The third kappa shape index (κ3) is 2.99. The number of imidazole rings is 1. The van der Waals surface area contributed by atoms with Crippen LogP contribution in [0.15, 0.2) is 122 Å². The van der Waals surface area contributed by atoms with E-state index >= 15 is 0 Å². The number of aromatic nitrogens is 5. The molecule has 8 aromatic rings. The lowest BCUT2D eigenvalue weighted by Crippen LogP contribution is -2.24. The summed E-state index contributed by atoms with van der Waals surface area (Å²) in [4.78, 5) is 4.71.